The van der Waals surface area contributed by atoms with Crippen molar-refractivity contribution < 1.29 is 9.52 Å². The highest BCUT2D eigenvalue weighted by atomic mass is 32.2. The maximum absolute atomic E-state index is 11.5. The van der Waals surface area contributed by atoms with E-state index in [4.69, 9.17) is 4.42 Å². The van der Waals surface area contributed by atoms with Gasteiger partial charge in [-0.1, -0.05) is 42.1 Å². The lowest BCUT2D eigenvalue weighted by atomic mass is 10.2. The fourth-order valence-corrected chi connectivity index (χ4v) is 3.37. The van der Waals surface area contributed by atoms with E-state index in [1.807, 2.05) is 35.0 Å². The van der Waals surface area contributed by atoms with Gasteiger partial charge in [-0.2, -0.15) is 5.10 Å². The quantitative estimate of drug-likeness (QED) is 0.429. The average molecular weight is 366 g/mol. The van der Waals surface area contributed by atoms with Crippen molar-refractivity contribution in [3.05, 3.63) is 76.7 Å². The third-order valence-corrected chi connectivity index (χ3v) is 4.82. The van der Waals surface area contributed by atoms with Gasteiger partial charge < -0.3 is 9.52 Å². The zero-order valence-corrected chi connectivity index (χ0v) is 14.4. The zero-order valence-electron chi connectivity index (χ0n) is 13.6. The molecule has 0 bridgehead atoms. The number of rotatable bonds is 5. The van der Waals surface area contributed by atoms with E-state index >= 15 is 0 Å². The Kier molecular flexibility index (Phi) is 4.40. The molecule has 0 atom stereocenters. The van der Waals surface area contributed by atoms with Crippen LogP contribution >= 0.6 is 11.8 Å². The van der Waals surface area contributed by atoms with Crippen LogP contribution in [0.5, 0.6) is 5.75 Å². The summed E-state index contributed by atoms with van der Waals surface area (Å²) < 4.78 is 7.05. The molecule has 3 aromatic heterocycles. The summed E-state index contributed by atoms with van der Waals surface area (Å²) >= 11 is 1.42. The van der Waals surface area contributed by atoms with Gasteiger partial charge >= 0.3 is 0 Å². The summed E-state index contributed by atoms with van der Waals surface area (Å²) in [6, 6.07) is 11.3. The van der Waals surface area contributed by atoms with Crippen LogP contribution < -0.4 is 5.43 Å². The van der Waals surface area contributed by atoms with Gasteiger partial charge in [0.25, 0.3) is 0 Å². The first-order valence-electron chi connectivity index (χ1n) is 7.84. The number of hydrogen-bond acceptors (Lipinski definition) is 7. The number of hydrogen-bond donors (Lipinski definition) is 1. The van der Waals surface area contributed by atoms with Gasteiger partial charge in [-0.25, -0.2) is 14.6 Å². The second kappa shape index (κ2) is 7.01. The van der Waals surface area contributed by atoms with E-state index in [1.165, 1.54) is 24.2 Å². The fraction of sp³-hybridized carbons (Fsp3) is 0.111. The van der Waals surface area contributed by atoms with Gasteiger partial charge in [0.1, 0.15) is 23.4 Å². The molecule has 1 N–H and O–H groups in total. The van der Waals surface area contributed by atoms with Crippen LogP contribution in [0.1, 0.15) is 11.3 Å². The molecule has 1 aromatic carbocycles. The van der Waals surface area contributed by atoms with Gasteiger partial charge in [0.2, 0.25) is 5.43 Å². The molecule has 0 saturated heterocycles. The minimum Gasteiger partial charge on any atom is -0.502 e. The van der Waals surface area contributed by atoms with Crippen LogP contribution in [-0.4, -0.2) is 24.9 Å². The summed E-state index contributed by atoms with van der Waals surface area (Å²) in [7, 11) is 0. The SMILES string of the molecule is O=c1cc(CSc2ncnc3c2cnn3Cc2ccccc2)occ1O. The monoisotopic (exact) mass is 366 g/mol. The number of nitrogens with zero attached hydrogens (tertiary/aromatic N) is 4. The van der Waals surface area contributed by atoms with E-state index in [2.05, 4.69) is 15.1 Å². The molecule has 4 aromatic rings. The Morgan fingerprint density at radius 1 is 1.19 bits per heavy atom. The van der Waals surface area contributed by atoms with E-state index in [0.717, 1.165) is 27.9 Å². The predicted molar refractivity (Wildman–Crippen MR) is 97.1 cm³/mol. The number of thioether (sulfide) groups is 1. The molecule has 0 aliphatic carbocycles. The van der Waals surface area contributed by atoms with Crippen molar-refractivity contribution in [2.24, 2.45) is 0 Å². The number of aromatic hydroxyl groups is 1. The van der Waals surface area contributed by atoms with Crippen molar-refractivity contribution in [1.29, 1.82) is 0 Å². The van der Waals surface area contributed by atoms with Crippen LogP contribution in [0, 0.1) is 0 Å². The second-order valence-corrected chi connectivity index (χ2v) is 6.55. The Bertz CT molecular complexity index is 1110. The molecule has 130 valence electrons. The third kappa shape index (κ3) is 3.31. The molecule has 26 heavy (non-hydrogen) atoms. The highest BCUT2D eigenvalue weighted by molar-refractivity contribution is 7.98. The number of benzene rings is 1. The normalized spacial score (nSPS) is 11.1. The molecule has 0 aliphatic rings. The summed E-state index contributed by atoms with van der Waals surface area (Å²) in [6.45, 7) is 0.623. The average Bonchev–Trinajstić information content (AvgIpc) is 3.07. The third-order valence-electron chi connectivity index (χ3n) is 3.79. The van der Waals surface area contributed by atoms with Gasteiger partial charge in [0, 0.05) is 6.07 Å². The van der Waals surface area contributed by atoms with E-state index < -0.39 is 11.2 Å². The predicted octanol–water partition coefficient (Wildman–Crippen LogP) is 2.83. The topological polar surface area (TPSA) is 94.0 Å². The summed E-state index contributed by atoms with van der Waals surface area (Å²) in [5, 5.41) is 15.3. The van der Waals surface area contributed by atoms with E-state index in [-0.39, 0.29) is 0 Å². The molecule has 4 rings (SSSR count). The van der Waals surface area contributed by atoms with Crippen LogP contribution in [-0.2, 0) is 12.3 Å². The lowest BCUT2D eigenvalue weighted by Crippen LogP contribution is -2.02. The van der Waals surface area contributed by atoms with Gasteiger partial charge in [-0.05, 0) is 5.56 Å². The van der Waals surface area contributed by atoms with Crippen molar-refractivity contribution in [3.8, 4) is 5.75 Å². The minimum absolute atomic E-state index is 0.398. The molecule has 0 unspecified atom stereocenters. The number of fused-ring (bicyclic) bond motifs is 1. The molecule has 0 fully saturated rings. The van der Waals surface area contributed by atoms with Crippen LogP contribution in [0.25, 0.3) is 11.0 Å². The number of aromatic nitrogens is 4. The van der Waals surface area contributed by atoms with Crippen LogP contribution in [0.3, 0.4) is 0 Å². The molecule has 0 saturated carbocycles. The molecule has 0 spiro atoms. The first kappa shape index (κ1) is 16.3. The van der Waals surface area contributed by atoms with E-state index in [1.54, 1.807) is 6.20 Å². The van der Waals surface area contributed by atoms with Gasteiger partial charge in [-0.15, -0.1) is 0 Å². The highest BCUT2D eigenvalue weighted by Crippen LogP contribution is 2.27. The van der Waals surface area contributed by atoms with Crippen molar-refractivity contribution in [3.63, 3.8) is 0 Å². The molecule has 8 heteroatoms. The molecule has 7 nitrogen and oxygen atoms in total. The smallest absolute Gasteiger partial charge is 0.226 e. The van der Waals surface area contributed by atoms with Crippen molar-refractivity contribution in [2.75, 3.05) is 0 Å². The van der Waals surface area contributed by atoms with E-state index in [9.17, 15) is 9.90 Å². The molecular weight excluding hydrogens is 352 g/mol. The summed E-state index contributed by atoms with van der Waals surface area (Å²) in [5.74, 6) is 0.470. The lowest BCUT2D eigenvalue weighted by Gasteiger charge is -2.04. The summed E-state index contributed by atoms with van der Waals surface area (Å²) in [4.78, 5) is 20.1. The van der Waals surface area contributed by atoms with Crippen molar-refractivity contribution in [2.45, 2.75) is 17.3 Å². The van der Waals surface area contributed by atoms with Crippen LogP contribution in [0.4, 0.5) is 0 Å². The zero-order chi connectivity index (χ0) is 17.9. The van der Waals surface area contributed by atoms with Crippen molar-refractivity contribution >= 4 is 22.8 Å². The fourth-order valence-electron chi connectivity index (χ4n) is 2.52. The van der Waals surface area contributed by atoms with Crippen LogP contribution in [0.2, 0.25) is 0 Å². The van der Waals surface area contributed by atoms with Crippen molar-refractivity contribution in [1.82, 2.24) is 19.7 Å². The Balaban J connectivity index is 1.58. The second-order valence-electron chi connectivity index (χ2n) is 5.59. The molecular formula is C18H14N4O3S. The molecule has 0 aliphatic heterocycles. The Labute approximate surface area is 152 Å². The lowest BCUT2D eigenvalue weighted by molar-refractivity contribution is 0.419. The highest BCUT2D eigenvalue weighted by Gasteiger charge is 2.12. The van der Waals surface area contributed by atoms with Gasteiger partial charge in [0.05, 0.1) is 23.9 Å². The first-order valence-corrected chi connectivity index (χ1v) is 8.83. The summed E-state index contributed by atoms with van der Waals surface area (Å²) in [5.41, 5.74) is 1.42. The summed E-state index contributed by atoms with van der Waals surface area (Å²) in [6.07, 6.45) is 4.29. The first-order chi connectivity index (χ1) is 12.7. The largest absolute Gasteiger partial charge is 0.502 e. The minimum atomic E-state index is -0.463. The maximum atomic E-state index is 11.5. The Morgan fingerprint density at radius 2 is 2.04 bits per heavy atom. The molecule has 0 radical (unpaired) electrons. The Morgan fingerprint density at radius 3 is 2.85 bits per heavy atom. The van der Waals surface area contributed by atoms with Crippen LogP contribution in [0.15, 0.2) is 69.4 Å². The molecule has 0 amide bonds. The Hall–Kier alpha value is -3.13. The van der Waals surface area contributed by atoms with Gasteiger partial charge in [0.15, 0.2) is 11.4 Å². The van der Waals surface area contributed by atoms with Gasteiger partial charge in [-0.3, -0.25) is 4.79 Å². The standard InChI is InChI=1S/C18H14N4O3S/c23-15-6-13(25-9-16(15)24)10-26-18-14-7-21-22(17(14)19-11-20-18)8-12-4-2-1-3-5-12/h1-7,9,11,24H,8,10H2. The maximum Gasteiger partial charge on any atom is 0.226 e. The van der Waals surface area contributed by atoms with E-state index in [0.29, 0.717) is 18.1 Å². The molecule has 3 heterocycles.